The quantitative estimate of drug-likeness (QED) is 0.529. The van der Waals surface area contributed by atoms with E-state index in [1.54, 1.807) is 24.3 Å². The molecule has 5 nitrogen and oxygen atoms in total. The third-order valence-electron chi connectivity index (χ3n) is 3.99. The second-order valence-corrected chi connectivity index (χ2v) is 7.20. The maximum absolute atomic E-state index is 11.6. The molecule has 25 heavy (non-hydrogen) atoms. The molecule has 3 rings (SSSR count). The molecule has 1 aromatic carbocycles. The number of nitrogens with zero attached hydrogens (tertiary/aromatic N) is 2. The molecule has 0 radical (unpaired) electrons. The van der Waals surface area contributed by atoms with E-state index in [0.717, 1.165) is 37.9 Å². The van der Waals surface area contributed by atoms with Gasteiger partial charge in [0.15, 0.2) is 0 Å². The summed E-state index contributed by atoms with van der Waals surface area (Å²) in [6.07, 6.45) is 3.97. The van der Waals surface area contributed by atoms with Crippen LogP contribution in [0.2, 0.25) is 0 Å². The molecule has 1 amide bonds. The fourth-order valence-corrected chi connectivity index (χ4v) is 3.94. The Hall–Kier alpha value is -2.44. The van der Waals surface area contributed by atoms with Gasteiger partial charge in [0.1, 0.15) is 12.1 Å². The van der Waals surface area contributed by atoms with Crippen molar-refractivity contribution in [3.8, 4) is 0 Å². The molecule has 0 aliphatic carbocycles. The van der Waals surface area contributed by atoms with Crippen molar-refractivity contribution in [1.29, 1.82) is 0 Å². The largest absolute Gasteiger partial charge is 0.382 e. The Kier molecular flexibility index (Phi) is 4.74. The first-order valence-electron chi connectivity index (χ1n) is 7.72. The average molecular weight is 373 g/mol. The summed E-state index contributed by atoms with van der Waals surface area (Å²) in [5.74, 6) is -0.0554. The molecule has 0 saturated carbocycles. The maximum atomic E-state index is 11.6. The molecule has 0 unspecified atom stereocenters. The van der Waals surface area contributed by atoms with Crippen LogP contribution < -0.4 is 11.5 Å². The number of benzene rings is 1. The first kappa shape index (κ1) is 17.4. The van der Waals surface area contributed by atoms with Crippen LogP contribution in [-0.4, -0.2) is 15.9 Å². The van der Waals surface area contributed by atoms with E-state index in [9.17, 15) is 4.79 Å². The summed E-state index contributed by atoms with van der Waals surface area (Å²) < 4.78 is 1.94. The number of aromatic nitrogens is 2. The van der Waals surface area contributed by atoms with E-state index in [2.05, 4.69) is 16.0 Å². The van der Waals surface area contributed by atoms with E-state index >= 15 is 0 Å². The van der Waals surface area contributed by atoms with Crippen LogP contribution >= 0.6 is 22.9 Å². The number of hydrogen-bond donors (Lipinski definition) is 2. The van der Waals surface area contributed by atoms with Crippen LogP contribution in [-0.2, 0) is 4.79 Å². The van der Waals surface area contributed by atoms with Gasteiger partial charge in [-0.05, 0) is 36.6 Å². The van der Waals surface area contributed by atoms with E-state index in [1.807, 2.05) is 19.1 Å². The molecule has 0 aliphatic rings. The fourth-order valence-electron chi connectivity index (χ4n) is 2.70. The number of fused-ring (bicyclic) bond motifs is 3. The minimum Gasteiger partial charge on any atom is -0.382 e. The number of anilines is 1. The van der Waals surface area contributed by atoms with Gasteiger partial charge < -0.3 is 11.5 Å². The lowest BCUT2D eigenvalue weighted by molar-refractivity contribution is -0.114. The predicted octanol–water partition coefficient (Wildman–Crippen LogP) is 4.22. The highest BCUT2D eigenvalue weighted by Gasteiger charge is 2.12. The molecular weight excluding hydrogens is 356 g/mol. The zero-order valence-electron chi connectivity index (χ0n) is 13.8. The standard InChI is InChI=1S/C18H17ClN4OS/c1-3-10(6-13(9(2)19)18(21)24)11-4-5-12-14(7-11)25-16-15(12)22-8-23-17(16)20/h4-8H,3H2,1-2H3,(H2,21,24)(H2,20,22,23)/b10-6+,13-9-. The normalized spacial score (nSPS) is 13.3. The SMILES string of the molecule is CC/C(=C\C(C(N)=O)=C(/C)Cl)c1ccc2c(c1)sc1c(N)ncnc12. The van der Waals surface area contributed by atoms with Crippen molar-refractivity contribution in [2.45, 2.75) is 20.3 Å². The lowest BCUT2D eigenvalue weighted by Gasteiger charge is -2.07. The van der Waals surface area contributed by atoms with Gasteiger partial charge in [0.25, 0.3) is 0 Å². The van der Waals surface area contributed by atoms with Gasteiger partial charge in [-0.2, -0.15) is 0 Å². The van der Waals surface area contributed by atoms with Crippen LogP contribution in [0.25, 0.3) is 25.9 Å². The lowest BCUT2D eigenvalue weighted by Crippen LogP contribution is -2.13. The van der Waals surface area contributed by atoms with Gasteiger partial charge in [0.2, 0.25) is 5.91 Å². The van der Waals surface area contributed by atoms with Gasteiger partial charge in [-0.15, -0.1) is 11.3 Å². The van der Waals surface area contributed by atoms with Crippen molar-refractivity contribution in [2.75, 3.05) is 5.73 Å². The summed E-state index contributed by atoms with van der Waals surface area (Å²) >= 11 is 7.56. The summed E-state index contributed by atoms with van der Waals surface area (Å²) in [5.41, 5.74) is 14.5. The first-order valence-corrected chi connectivity index (χ1v) is 8.91. The van der Waals surface area contributed by atoms with E-state index < -0.39 is 5.91 Å². The van der Waals surface area contributed by atoms with Crippen LogP contribution in [0.15, 0.2) is 41.2 Å². The summed E-state index contributed by atoms with van der Waals surface area (Å²) in [4.78, 5) is 20.0. The van der Waals surface area contributed by atoms with Crippen molar-refractivity contribution in [3.63, 3.8) is 0 Å². The van der Waals surface area contributed by atoms with Crippen molar-refractivity contribution in [1.82, 2.24) is 9.97 Å². The number of nitrogen functional groups attached to an aromatic ring is 1. The summed E-state index contributed by atoms with van der Waals surface area (Å²) in [6, 6.07) is 6.09. The predicted molar refractivity (Wildman–Crippen MR) is 105 cm³/mol. The topological polar surface area (TPSA) is 94.9 Å². The third-order valence-corrected chi connectivity index (χ3v) is 5.35. The fraction of sp³-hybridized carbons (Fsp3) is 0.167. The highest BCUT2D eigenvalue weighted by atomic mass is 35.5. The Labute approximate surface area is 154 Å². The average Bonchev–Trinajstić information content (AvgIpc) is 2.94. The number of carbonyl (C=O) groups is 1. The molecular formula is C18H17ClN4OS. The number of nitrogens with two attached hydrogens (primary N) is 2. The number of hydrogen-bond acceptors (Lipinski definition) is 5. The van der Waals surface area contributed by atoms with Gasteiger partial charge >= 0.3 is 0 Å². The number of primary amides is 1. The summed E-state index contributed by atoms with van der Waals surface area (Å²) in [6.45, 7) is 3.68. The van der Waals surface area contributed by atoms with Gasteiger partial charge in [0.05, 0.1) is 15.8 Å². The molecule has 2 aromatic heterocycles. The lowest BCUT2D eigenvalue weighted by atomic mass is 9.99. The molecule has 128 valence electrons. The monoisotopic (exact) mass is 372 g/mol. The maximum Gasteiger partial charge on any atom is 0.249 e. The molecule has 0 spiro atoms. The number of amides is 1. The van der Waals surface area contributed by atoms with E-state index in [4.69, 9.17) is 23.1 Å². The number of thiophene rings is 1. The summed E-state index contributed by atoms with van der Waals surface area (Å²) in [5, 5.41) is 1.41. The van der Waals surface area contributed by atoms with Crippen LogP contribution in [0.1, 0.15) is 25.8 Å². The minimum atomic E-state index is -0.538. The molecule has 0 bridgehead atoms. The van der Waals surface area contributed by atoms with Crippen LogP contribution in [0.5, 0.6) is 0 Å². The second-order valence-electron chi connectivity index (χ2n) is 5.58. The van der Waals surface area contributed by atoms with Crippen molar-refractivity contribution in [2.24, 2.45) is 5.73 Å². The first-order chi connectivity index (χ1) is 11.9. The smallest absolute Gasteiger partial charge is 0.249 e. The Balaban J connectivity index is 2.17. The Bertz CT molecular complexity index is 1050. The molecule has 4 N–H and O–H groups in total. The second kappa shape index (κ2) is 6.82. The van der Waals surface area contributed by atoms with Crippen molar-refractivity contribution < 1.29 is 4.79 Å². The number of halogens is 1. The van der Waals surface area contributed by atoms with Crippen LogP contribution in [0.4, 0.5) is 5.82 Å². The van der Waals surface area contributed by atoms with E-state index in [1.165, 1.54) is 6.33 Å². The van der Waals surface area contributed by atoms with Crippen LogP contribution in [0, 0.1) is 0 Å². The highest BCUT2D eigenvalue weighted by molar-refractivity contribution is 7.26. The molecule has 0 saturated heterocycles. The molecule has 0 atom stereocenters. The van der Waals surface area contributed by atoms with Gasteiger partial charge in [-0.1, -0.05) is 30.7 Å². The molecule has 0 fully saturated rings. The van der Waals surface area contributed by atoms with E-state index in [-0.39, 0.29) is 0 Å². The molecule has 7 heteroatoms. The highest BCUT2D eigenvalue weighted by Crippen LogP contribution is 2.36. The minimum absolute atomic E-state index is 0.324. The van der Waals surface area contributed by atoms with Gasteiger partial charge in [-0.25, -0.2) is 9.97 Å². The van der Waals surface area contributed by atoms with Gasteiger partial charge in [-0.3, -0.25) is 4.79 Å². The number of allylic oxidation sites excluding steroid dienone is 2. The zero-order chi connectivity index (χ0) is 18.1. The Morgan fingerprint density at radius 1 is 1.36 bits per heavy atom. The summed E-state index contributed by atoms with van der Waals surface area (Å²) in [7, 11) is 0. The number of rotatable bonds is 4. The van der Waals surface area contributed by atoms with E-state index in [0.29, 0.717) is 16.4 Å². The molecule has 3 aromatic rings. The molecule has 2 heterocycles. The van der Waals surface area contributed by atoms with Crippen molar-refractivity contribution >= 4 is 60.5 Å². The third kappa shape index (κ3) is 3.23. The Morgan fingerprint density at radius 2 is 2.12 bits per heavy atom. The zero-order valence-corrected chi connectivity index (χ0v) is 15.4. The van der Waals surface area contributed by atoms with Crippen LogP contribution in [0.3, 0.4) is 0 Å². The van der Waals surface area contributed by atoms with Gasteiger partial charge in [0, 0.05) is 15.1 Å². The number of carbonyl (C=O) groups excluding carboxylic acids is 1. The molecule has 0 aliphatic heterocycles. The van der Waals surface area contributed by atoms with Crippen molar-refractivity contribution in [3.05, 3.63) is 46.8 Å². The Morgan fingerprint density at radius 3 is 2.76 bits per heavy atom.